The Balaban J connectivity index is 1.71. The summed E-state index contributed by atoms with van der Waals surface area (Å²) in [6.45, 7) is 8.15. The molecule has 0 bridgehead atoms. The van der Waals surface area contributed by atoms with Crippen molar-refractivity contribution in [3.05, 3.63) is 123 Å². The molecule has 0 saturated carbocycles. The molecule has 5 rings (SSSR count). The first-order chi connectivity index (χ1) is 20.0. The lowest BCUT2D eigenvalue weighted by Gasteiger charge is -2.30. The lowest BCUT2D eigenvalue weighted by Crippen LogP contribution is -2.45. The second kappa shape index (κ2) is 11.5. The standard InChI is InChI=1S/C34H33FN2O4S/c1-20-7-5-8-25(19-20)36-33(41)37-29(22-12-16-24(35)17-13-22)28(31(38)26-9-6-18-42-26)27(30(37)32(39)40)21-10-14-23(15-11-21)34(2,3)4/h5-19,27-30H,1-4H3,(H,36,41)(H,39,40). The quantitative estimate of drug-likeness (QED) is 0.226. The van der Waals surface area contributed by atoms with E-state index in [4.69, 9.17) is 0 Å². The third-order valence-electron chi connectivity index (χ3n) is 7.86. The molecule has 6 nitrogen and oxygen atoms in total. The molecule has 4 unspecified atom stereocenters. The van der Waals surface area contributed by atoms with Crippen LogP contribution in [0.25, 0.3) is 0 Å². The van der Waals surface area contributed by atoms with Crippen molar-refractivity contribution in [1.29, 1.82) is 0 Å². The number of urea groups is 1. The number of halogens is 1. The number of anilines is 1. The lowest BCUT2D eigenvalue weighted by atomic mass is 9.76. The van der Waals surface area contributed by atoms with E-state index < -0.39 is 41.7 Å². The number of hydrogen-bond acceptors (Lipinski definition) is 4. The summed E-state index contributed by atoms with van der Waals surface area (Å²) in [6, 6.07) is 20.8. The van der Waals surface area contributed by atoms with E-state index in [9.17, 15) is 23.9 Å². The van der Waals surface area contributed by atoms with E-state index in [2.05, 4.69) is 26.1 Å². The van der Waals surface area contributed by atoms with Gasteiger partial charge in [0.25, 0.3) is 0 Å². The van der Waals surface area contributed by atoms with Crippen LogP contribution in [0.3, 0.4) is 0 Å². The van der Waals surface area contributed by atoms with Crippen LogP contribution in [0.1, 0.15) is 64.7 Å². The van der Waals surface area contributed by atoms with Crippen molar-refractivity contribution in [1.82, 2.24) is 4.90 Å². The van der Waals surface area contributed by atoms with Gasteiger partial charge in [0, 0.05) is 11.6 Å². The maximum absolute atomic E-state index is 14.3. The number of nitrogens with zero attached hydrogens (tertiary/aromatic N) is 1. The van der Waals surface area contributed by atoms with Gasteiger partial charge in [-0.3, -0.25) is 4.79 Å². The summed E-state index contributed by atoms with van der Waals surface area (Å²) in [5.74, 6) is -3.78. The number of thiophene rings is 1. The normalized spacial score (nSPS) is 20.4. The van der Waals surface area contributed by atoms with Crippen LogP contribution < -0.4 is 5.32 Å². The molecule has 42 heavy (non-hydrogen) atoms. The minimum Gasteiger partial charge on any atom is -0.480 e. The van der Waals surface area contributed by atoms with Crippen molar-refractivity contribution >= 4 is 34.8 Å². The number of nitrogens with one attached hydrogen (secondary N) is 1. The van der Waals surface area contributed by atoms with Gasteiger partial charge in [-0.2, -0.15) is 0 Å². The first-order valence-corrected chi connectivity index (χ1v) is 14.7. The predicted octanol–water partition coefficient (Wildman–Crippen LogP) is 7.82. The number of aryl methyl sites for hydroxylation is 1. The fraction of sp³-hybridized carbons (Fsp3) is 0.265. The molecular formula is C34H33FN2O4S. The molecule has 2 amide bonds. The van der Waals surface area contributed by atoms with Crippen molar-refractivity contribution in [2.75, 3.05) is 5.32 Å². The van der Waals surface area contributed by atoms with Gasteiger partial charge < -0.3 is 15.3 Å². The summed E-state index contributed by atoms with van der Waals surface area (Å²) >= 11 is 1.27. The maximum atomic E-state index is 14.3. The average Bonchev–Trinajstić information content (AvgIpc) is 3.60. The van der Waals surface area contributed by atoms with E-state index in [1.807, 2.05) is 37.3 Å². The summed E-state index contributed by atoms with van der Waals surface area (Å²) in [4.78, 5) is 43.2. The SMILES string of the molecule is Cc1cccc(NC(=O)N2C(C(=O)O)C(c3ccc(C(C)(C)C)cc3)C(C(=O)c3cccs3)C2c2ccc(F)cc2)c1. The number of carboxylic acid groups (broad SMARTS) is 1. The molecule has 1 aliphatic heterocycles. The molecule has 4 atom stereocenters. The highest BCUT2D eigenvalue weighted by Crippen LogP contribution is 2.52. The minimum atomic E-state index is -1.38. The number of ketones is 1. The van der Waals surface area contributed by atoms with Crippen LogP contribution in [-0.4, -0.2) is 33.8 Å². The molecule has 1 fully saturated rings. The molecule has 2 N–H and O–H groups in total. The van der Waals surface area contributed by atoms with E-state index in [1.165, 1.54) is 40.5 Å². The molecule has 1 aliphatic rings. The molecule has 4 aromatic rings. The monoisotopic (exact) mass is 584 g/mol. The van der Waals surface area contributed by atoms with Crippen LogP contribution in [0.15, 0.2) is 90.3 Å². The number of aliphatic carboxylic acids is 1. The Hall–Kier alpha value is -4.30. The van der Waals surface area contributed by atoms with Crippen LogP contribution in [0.2, 0.25) is 0 Å². The highest BCUT2D eigenvalue weighted by Gasteiger charge is 2.58. The largest absolute Gasteiger partial charge is 0.480 e. The Bertz CT molecular complexity index is 1590. The van der Waals surface area contributed by atoms with Crippen LogP contribution in [-0.2, 0) is 10.2 Å². The number of hydrogen-bond donors (Lipinski definition) is 2. The Morgan fingerprint density at radius 2 is 1.57 bits per heavy atom. The van der Waals surface area contributed by atoms with Crippen molar-refractivity contribution in [3.8, 4) is 0 Å². The molecule has 1 saturated heterocycles. The number of carbonyl (C=O) groups excluding carboxylic acids is 2. The summed E-state index contributed by atoms with van der Waals surface area (Å²) < 4.78 is 14.1. The molecule has 1 aromatic heterocycles. The van der Waals surface area contributed by atoms with Crippen LogP contribution in [0.4, 0.5) is 14.9 Å². The van der Waals surface area contributed by atoms with E-state index in [0.717, 1.165) is 11.1 Å². The fourth-order valence-corrected chi connectivity index (χ4v) is 6.57. The van der Waals surface area contributed by atoms with Gasteiger partial charge in [0.05, 0.1) is 16.8 Å². The van der Waals surface area contributed by atoms with Crippen molar-refractivity contribution in [2.24, 2.45) is 5.92 Å². The number of benzene rings is 3. The van der Waals surface area contributed by atoms with Gasteiger partial charge in [0.2, 0.25) is 0 Å². The van der Waals surface area contributed by atoms with Gasteiger partial charge in [-0.05, 0) is 70.3 Å². The zero-order chi connectivity index (χ0) is 30.2. The van der Waals surface area contributed by atoms with E-state index in [-0.39, 0.29) is 11.2 Å². The minimum absolute atomic E-state index is 0.136. The summed E-state index contributed by atoms with van der Waals surface area (Å²) in [6.07, 6.45) is 0. The van der Waals surface area contributed by atoms with Crippen molar-refractivity contribution in [2.45, 2.75) is 51.1 Å². The second-order valence-electron chi connectivity index (χ2n) is 11.8. The van der Waals surface area contributed by atoms with Crippen LogP contribution >= 0.6 is 11.3 Å². The molecule has 0 radical (unpaired) electrons. The topological polar surface area (TPSA) is 86.7 Å². The molecule has 2 heterocycles. The zero-order valence-corrected chi connectivity index (χ0v) is 24.7. The Morgan fingerprint density at radius 3 is 2.14 bits per heavy atom. The first kappa shape index (κ1) is 29.2. The van der Waals surface area contributed by atoms with Crippen molar-refractivity contribution in [3.63, 3.8) is 0 Å². The number of carboxylic acids is 1. The molecule has 3 aromatic carbocycles. The fourth-order valence-electron chi connectivity index (χ4n) is 5.86. The highest BCUT2D eigenvalue weighted by molar-refractivity contribution is 7.12. The molecule has 216 valence electrons. The van der Waals surface area contributed by atoms with Gasteiger partial charge in [-0.25, -0.2) is 14.0 Å². The predicted molar refractivity (Wildman–Crippen MR) is 163 cm³/mol. The number of Topliss-reactive ketones (excluding diaryl/α,β-unsaturated/α-hetero) is 1. The van der Waals surface area contributed by atoms with Crippen LogP contribution in [0, 0.1) is 18.7 Å². The first-order valence-electron chi connectivity index (χ1n) is 13.8. The van der Waals surface area contributed by atoms with Gasteiger partial charge in [0.1, 0.15) is 11.9 Å². The van der Waals surface area contributed by atoms with Gasteiger partial charge in [-0.15, -0.1) is 11.3 Å². The Kier molecular flexibility index (Phi) is 8.01. The maximum Gasteiger partial charge on any atom is 0.327 e. The summed E-state index contributed by atoms with van der Waals surface area (Å²) in [5.41, 5.74) is 3.46. The van der Waals surface area contributed by atoms with E-state index in [1.54, 1.807) is 35.7 Å². The highest BCUT2D eigenvalue weighted by atomic mass is 32.1. The number of rotatable bonds is 6. The van der Waals surface area contributed by atoms with Crippen LogP contribution in [0.5, 0.6) is 0 Å². The summed E-state index contributed by atoms with van der Waals surface area (Å²) in [5, 5.41) is 15.4. The van der Waals surface area contributed by atoms with E-state index in [0.29, 0.717) is 21.7 Å². The number of carbonyl (C=O) groups is 3. The second-order valence-corrected chi connectivity index (χ2v) is 12.7. The lowest BCUT2D eigenvalue weighted by molar-refractivity contribution is -0.142. The van der Waals surface area contributed by atoms with Gasteiger partial charge in [0.15, 0.2) is 5.78 Å². The molecule has 8 heteroatoms. The van der Waals surface area contributed by atoms with Gasteiger partial charge >= 0.3 is 12.0 Å². The molecular weight excluding hydrogens is 551 g/mol. The number of amides is 2. The Labute approximate surface area is 248 Å². The third-order valence-corrected chi connectivity index (χ3v) is 8.75. The smallest absolute Gasteiger partial charge is 0.327 e. The Morgan fingerprint density at radius 1 is 0.905 bits per heavy atom. The zero-order valence-electron chi connectivity index (χ0n) is 23.9. The third kappa shape index (κ3) is 5.72. The molecule has 0 aliphatic carbocycles. The van der Waals surface area contributed by atoms with Gasteiger partial charge in [-0.1, -0.05) is 75.4 Å². The average molecular weight is 585 g/mol. The molecule has 0 spiro atoms. The van der Waals surface area contributed by atoms with E-state index >= 15 is 0 Å². The van der Waals surface area contributed by atoms with Crippen molar-refractivity contribution < 1.29 is 23.9 Å². The summed E-state index contributed by atoms with van der Waals surface area (Å²) in [7, 11) is 0. The number of likely N-dealkylation sites (tertiary alicyclic amines) is 1.